The van der Waals surface area contributed by atoms with E-state index in [2.05, 4.69) is 4.40 Å². The summed E-state index contributed by atoms with van der Waals surface area (Å²) in [5, 5.41) is -0.0544. The Morgan fingerprint density at radius 1 is 1.16 bits per heavy atom. The molecule has 0 aliphatic heterocycles. The summed E-state index contributed by atoms with van der Waals surface area (Å²) >= 11 is 5.65. The number of allylic oxidation sites excluding steroid dienone is 4. The zero-order chi connectivity index (χ0) is 14.0. The maximum absolute atomic E-state index is 12.1. The van der Waals surface area contributed by atoms with Crippen LogP contribution in [0, 0.1) is 6.92 Å². The number of rotatable bonds is 2. The number of ketones is 1. The molecule has 0 saturated heterocycles. The highest BCUT2D eigenvalue weighted by molar-refractivity contribution is 7.90. The average Bonchev–Trinajstić information content (AvgIpc) is 2.34. The van der Waals surface area contributed by atoms with Crippen LogP contribution in [0.1, 0.15) is 5.56 Å². The highest BCUT2D eigenvalue weighted by Gasteiger charge is 2.17. The first-order valence-corrected chi connectivity index (χ1v) is 7.22. The van der Waals surface area contributed by atoms with Crippen LogP contribution in [0.3, 0.4) is 0 Å². The minimum Gasteiger partial charge on any atom is -0.288 e. The van der Waals surface area contributed by atoms with Crippen LogP contribution in [0.25, 0.3) is 0 Å². The van der Waals surface area contributed by atoms with Crippen LogP contribution in [0.4, 0.5) is 0 Å². The molecule has 0 amide bonds. The van der Waals surface area contributed by atoms with Gasteiger partial charge in [-0.15, -0.1) is 0 Å². The van der Waals surface area contributed by atoms with E-state index in [1.165, 1.54) is 24.3 Å². The Hall–Kier alpha value is -1.72. The van der Waals surface area contributed by atoms with E-state index in [1.54, 1.807) is 25.1 Å². The van der Waals surface area contributed by atoms with E-state index in [0.717, 1.165) is 0 Å². The third-order valence-electron chi connectivity index (χ3n) is 2.51. The van der Waals surface area contributed by atoms with Gasteiger partial charge in [-0.2, -0.15) is 12.8 Å². The van der Waals surface area contributed by atoms with Gasteiger partial charge in [0.2, 0.25) is 0 Å². The van der Waals surface area contributed by atoms with E-state index in [4.69, 9.17) is 11.6 Å². The minimum atomic E-state index is -3.81. The molecular weight excluding hydrogens is 286 g/mol. The molecule has 6 heteroatoms. The van der Waals surface area contributed by atoms with Gasteiger partial charge in [0, 0.05) is 0 Å². The highest BCUT2D eigenvalue weighted by atomic mass is 35.5. The number of carbonyl (C=O) groups is 1. The minimum absolute atomic E-state index is 0.0544. The molecule has 1 aliphatic carbocycles. The van der Waals surface area contributed by atoms with Gasteiger partial charge >= 0.3 is 0 Å². The Kier molecular flexibility index (Phi) is 3.68. The van der Waals surface area contributed by atoms with Crippen molar-refractivity contribution in [1.82, 2.24) is 0 Å². The number of hydrogen-bond donors (Lipinski definition) is 0. The molecule has 0 spiro atoms. The van der Waals surface area contributed by atoms with E-state index in [0.29, 0.717) is 5.56 Å². The molecule has 0 bridgehead atoms. The molecule has 2 rings (SSSR count). The van der Waals surface area contributed by atoms with E-state index in [-0.39, 0.29) is 21.4 Å². The molecular formula is C13H10ClNO3S. The molecule has 1 aromatic rings. The van der Waals surface area contributed by atoms with Crippen LogP contribution < -0.4 is 0 Å². The molecule has 0 aromatic heterocycles. The highest BCUT2D eigenvalue weighted by Crippen LogP contribution is 2.18. The number of hydrogen-bond acceptors (Lipinski definition) is 3. The molecule has 0 fully saturated rings. The number of nitrogens with zero attached hydrogens (tertiary/aromatic N) is 1. The van der Waals surface area contributed by atoms with Gasteiger partial charge < -0.3 is 0 Å². The van der Waals surface area contributed by atoms with Gasteiger partial charge in [0.15, 0.2) is 5.78 Å². The summed E-state index contributed by atoms with van der Waals surface area (Å²) in [6, 6.07) is 6.55. The fraction of sp³-hybridized carbons (Fsp3) is 0.0769. The summed E-state index contributed by atoms with van der Waals surface area (Å²) in [5.74, 6) is -0.367. The maximum atomic E-state index is 12.1. The Morgan fingerprint density at radius 2 is 1.84 bits per heavy atom. The standard InChI is InChI=1S/C13H10ClNO3S/c1-9-4-2-3-5-13(9)19(17,18)15-10-6-7-12(16)11(14)8-10/h2-8H,1H3/b15-10-. The summed E-state index contributed by atoms with van der Waals surface area (Å²) in [6.07, 6.45) is 3.75. The fourth-order valence-electron chi connectivity index (χ4n) is 1.58. The smallest absolute Gasteiger partial charge is 0.283 e. The molecule has 0 unspecified atom stereocenters. The topological polar surface area (TPSA) is 63.6 Å². The summed E-state index contributed by atoms with van der Waals surface area (Å²) < 4.78 is 27.9. The van der Waals surface area contributed by atoms with Crippen LogP contribution in [0.5, 0.6) is 0 Å². The van der Waals surface area contributed by atoms with Gasteiger partial charge in [-0.25, -0.2) is 0 Å². The van der Waals surface area contributed by atoms with Crippen molar-refractivity contribution < 1.29 is 13.2 Å². The largest absolute Gasteiger partial charge is 0.288 e. The van der Waals surface area contributed by atoms with Crippen molar-refractivity contribution in [3.05, 3.63) is 53.1 Å². The first-order valence-electron chi connectivity index (χ1n) is 5.40. The van der Waals surface area contributed by atoms with Crippen LogP contribution in [-0.2, 0) is 14.8 Å². The van der Waals surface area contributed by atoms with Crippen LogP contribution >= 0.6 is 11.6 Å². The quantitative estimate of drug-likeness (QED) is 0.787. The predicted molar refractivity (Wildman–Crippen MR) is 73.9 cm³/mol. The van der Waals surface area contributed by atoms with E-state index in [1.807, 2.05) is 0 Å². The second-order valence-corrected chi connectivity index (χ2v) is 5.93. The molecule has 98 valence electrons. The van der Waals surface area contributed by atoms with E-state index < -0.39 is 10.0 Å². The molecule has 0 atom stereocenters. The Balaban J connectivity index is 2.46. The third kappa shape index (κ3) is 3.00. The van der Waals surface area contributed by atoms with Gasteiger partial charge in [0.05, 0.1) is 15.6 Å². The summed E-state index contributed by atoms with van der Waals surface area (Å²) in [4.78, 5) is 11.3. The van der Waals surface area contributed by atoms with Gasteiger partial charge in [-0.3, -0.25) is 4.79 Å². The van der Waals surface area contributed by atoms with Gasteiger partial charge in [0.1, 0.15) is 0 Å². The third-order valence-corrected chi connectivity index (χ3v) is 4.27. The molecule has 1 aliphatic rings. The second kappa shape index (κ2) is 5.11. The van der Waals surface area contributed by atoms with Crippen molar-refractivity contribution in [2.24, 2.45) is 4.40 Å². The molecule has 4 nitrogen and oxygen atoms in total. The van der Waals surface area contributed by atoms with Crippen molar-refractivity contribution in [3.8, 4) is 0 Å². The zero-order valence-corrected chi connectivity index (χ0v) is 11.6. The average molecular weight is 296 g/mol. The fourth-order valence-corrected chi connectivity index (χ4v) is 2.97. The molecule has 0 N–H and O–H groups in total. The van der Waals surface area contributed by atoms with Crippen molar-refractivity contribution in [3.63, 3.8) is 0 Å². The van der Waals surface area contributed by atoms with Gasteiger partial charge in [-0.05, 0) is 36.8 Å². The van der Waals surface area contributed by atoms with Crippen LogP contribution in [-0.4, -0.2) is 19.9 Å². The summed E-state index contributed by atoms with van der Waals surface area (Å²) in [7, 11) is -3.81. The van der Waals surface area contributed by atoms with Gasteiger partial charge in [0.25, 0.3) is 10.0 Å². The van der Waals surface area contributed by atoms with Crippen LogP contribution in [0.2, 0.25) is 0 Å². The number of carbonyl (C=O) groups excluding carboxylic acids is 1. The maximum Gasteiger partial charge on any atom is 0.283 e. The summed E-state index contributed by atoms with van der Waals surface area (Å²) in [5.41, 5.74) is 0.741. The zero-order valence-electron chi connectivity index (χ0n) is 10.00. The van der Waals surface area contributed by atoms with Crippen molar-refractivity contribution >= 4 is 33.1 Å². The lowest BCUT2D eigenvalue weighted by atomic mass is 10.2. The first kappa shape index (κ1) is 13.7. The predicted octanol–water partition coefficient (Wildman–Crippen LogP) is 2.39. The lowest BCUT2D eigenvalue weighted by molar-refractivity contribution is -0.110. The Bertz CT molecular complexity index is 730. The molecule has 19 heavy (non-hydrogen) atoms. The second-order valence-electron chi connectivity index (χ2n) is 3.95. The van der Waals surface area contributed by atoms with Gasteiger partial charge in [-0.1, -0.05) is 29.8 Å². The molecule has 1 aromatic carbocycles. The Morgan fingerprint density at radius 3 is 2.47 bits per heavy atom. The monoisotopic (exact) mass is 295 g/mol. The van der Waals surface area contributed by atoms with Crippen molar-refractivity contribution in [2.75, 3.05) is 0 Å². The summed E-state index contributed by atoms with van der Waals surface area (Å²) in [6.45, 7) is 1.69. The van der Waals surface area contributed by atoms with E-state index in [9.17, 15) is 13.2 Å². The molecule has 0 saturated carbocycles. The normalized spacial score (nSPS) is 17.7. The SMILES string of the molecule is Cc1ccccc1S(=O)(=O)/N=C1/C=CC(=O)C(Cl)=C1. The van der Waals surface area contributed by atoms with Crippen molar-refractivity contribution in [2.45, 2.75) is 11.8 Å². The van der Waals surface area contributed by atoms with Crippen LogP contribution in [0.15, 0.2) is 56.8 Å². The number of halogens is 1. The Labute approximate surface area is 116 Å². The lowest BCUT2D eigenvalue weighted by Gasteiger charge is -2.05. The molecule has 0 heterocycles. The van der Waals surface area contributed by atoms with Crippen molar-refractivity contribution in [1.29, 1.82) is 0 Å². The molecule has 0 radical (unpaired) electrons. The number of aryl methyl sites for hydroxylation is 1. The number of benzene rings is 1. The lowest BCUT2D eigenvalue weighted by Crippen LogP contribution is -2.07. The van der Waals surface area contributed by atoms with E-state index >= 15 is 0 Å². The first-order chi connectivity index (χ1) is 8.90. The number of sulfonamides is 1.